The standard InChI is InChI=1S/C14H17FN2O/c1-18-10-11-5-6-17(8-11)9-13-4-2-3-12(7-16)14(13)15/h2-4,11H,5-6,8-10H2,1H3. The Morgan fingerprint density at radius 3 is 3.11 bits per heavy atom. The van der Waals surface area contributed by atoms with Gasteiger partial charge in [-0.15, -0.1) is 0 Å². The van der Waals surface area contributed by atoms with Crippen LogP contribution in [-0.4, -0.2) is 31.7 Å². The van der Waals surface area contributed by atoms with Crippen molar-refractivity contribution in [3.05, 3.63) is 35.1 Å². The zero-order valence-electron chi connectivity index (χ0n) is 10.5. The van der Waals surface area contributed by atoms with Crippen molar-refractivity contribution < 1.29 is 9.13 Å². The summed E-state index contributed by atoms with van der Waals surface area (Å²) in [5.41, 5.74) is 0.729. The summed E-state index contributed by atoms with van der Waals surface area (Å²) in [6, 6.07) is 6.87. The second-order valence-electron chi connectivity index (χ2n) is 4.74. The first-order chi connectivity index (χ1) is 8.74. The minimum atomic E-state index is -0.379. The molecule has 1 unspecified atom stereocenters. The summed E-state index contributed by atoms with van der Waals surface area (Å²) in [6.45, 7) is 3.23. The van der Waals surface area contributed by atoms with Gasteiger partial charge in [-0.3, -0.25) is 4.90 Å². The van der Waals surface area contributed by atoms with E-state index in [1.54, 1.807) is 19.2 Å². The van der Waals surface area contributed by atoms with E-state index in [2.05, 4.69) is 4.90 Å². The monoisotopic (exact) mass is 248 g/mol. The number of hydrogen-bond donors (Lipinski definition) is 0. The molecule has 0 saturated carbocycles. The van der Waals surface area contributed by atoms with Gasteiger partial charge in [-0.05, 0) is 24.9 Å². The van der Waals surface area contributed by atoms with Gasteiger partial charge in [0.15, 0.2) is 0 Å². The lowest BCUT2D eigenvalue weighted by atomic mass is 10.1. The molecule has 96 valence electrons. The molecular formula is C14H17FN2O. The van der Waals surface area contributed by atoms with Gasteiger partial charge >= 0.3 is 0 Å². The Bertz CT molecular complexity index is 456. The highest BCUT2D eigenvalue weighted by Gasteiger charge is 2.23. The predicted octanol–water partition coefficient (Wildman–Crippen LogP) is 2.17. The number of ether oxygens (including phenoxy) is 1. The van der Waals surface area contributed by atoms with Crippen LogP contribution >= 0.6 is 0 Å². The molecule has 0 radical (unpaired) electrons. The molecule has 4 heteroatoms. The van der Waals surface area contributed by atoms with Crippen LogP contribution in [-0.2, 0) is 11.3 Å². The molecule has 1 aliphatic rings. The van der Waals surface area contributed by atoms with E-state index in [4.69, 9.17) is 10.00 Å². The molecule has 3 nitrogen and oxygen atoms in total. The van der Waals surface area contributed by atoms with Crippen molar-refractivity contribution in [1.29, 1.82) is 5.26 Å². The van der Waals surface area contributed by atoms with E-state index in [1.807, 2.05) is 6.07 Å². The van der Waals surface area contributed by atoms with Gasteiger partial charge in [-0.2, -0.15) is 5.26 Å². The minimum absolute atomic E-state index is 0.125. The Labute approximate surface area is 107 Å². The number of nitrogens with zero attached hydrogens (tertiary/aromatic N) is 2. The van der Waals surface area contributed by atoms with Crippen LogP contribution in [0.25, 0.3) is 0 Å². The van der Waals surface area contributed by atoms with Gasteiger partial charge in [0.1, 0.15) is 11.9 Å². The highest BCUT2D eigenvalue weighted by atomic mass is 19.1. The highest BCUT2D eigenvalue weighted by Crippen LogP contribution is 2.21. The van der Waals surface area contributed by atoms with Crippen molar-refractivity contribution in [3.63, 3.8) is 0 Å². The van der Waals surface area contributed by atoms with Gasteiger partial charge in [0.2, 0.25) is 0 Å². The molecule has 1 fully saturated rings. The van der Waals surface area contributed by atoms with Gasteiger partial charge in [-0.1, -0.05) is 12.1 Å². The third-order valence-corrected chi connectivity index (χ3v) is 3.37. The molecular weight excluding hydrogens is 231 g/mol. The highest BCUT2D eigenvalue weighted by molar-refractivity contribution is 5.34. The molecule has 0 spiro atoms. The number of hydrogen-bond acceptors (Lipinski definition) is 3. The van der Waals surface area contributed by atoms with Crippen molar-refractivity contribution >= 4 is 0 Å². The van der Waals surface area contributed by atoms with E-state index in [0.717, 1.165) is 26.1 Å². The SMILES string of the molecule is COCC1CCN(Cc2cccc(C#N)c2F)C1. The molecule has 0 N–H and O–H groups in total. The maximum atomic E-state index is 13.9. The number of rotatable bonds is 4. The summed E-state index contributed by atoms with van der Waals surface area (Å²) < 4.78 is 19.0. The first-order valence-corrected chi connectivity index (χ1v) is 6.13. The molecule has 1 atom stereocenters. The summed E-state index contributed by atoms with van der Waals surface area (Å²) in [5.74, 6) is 0.160. The van der Waals surface area contributed by atoms with E-state index in [9.17, 15) is 4.39 Å². The van der Waals surface area contributed by atoms with E-state index in [0.29, 0.717) is 18.0 Å². The van der Waals surface area contributed by atoms with Crippen LogP contribution in [0.2, 0.25) is 0 Å². The fourth-order valence-electron chi connectivity index (χ4n) is 2.46. The molecule has 0 amide bonds. The quantitative estimate of drug-likeness (QED) is 0.819. The lowest BCUT2D eigenvalue weighted by Crippen LogP contribution is -2.22. The smallest absolute Gasteiger partial charge is 0.145 e. The second kappa shape index (κ2) is 5.94. The first-order valence-electron chi connectivity index (χ1n) is 6.13. The zero-order valence-corrected chi connectivity index (χ0v) is 10.5. The van der Waals surface area contributed by atoms with Crippen LogP contribution in [0.3, 0.4) is 0 Å². The number of nitriles is 1. The van der Waals surface area contributed by atoms with Gasteiger partial charge < -0.3 is 4.74 Å². The average Bonchev–Trinajstić information content (AvgIpc) is 2.80. The van der Waals surface area contributed by atoms with Crippen LogP contribution in [0.1, 0.15) is 17.5 Å². The number of halogens is 1. The molecule has 1 heterocycles. The third-order valence-electron chi connectivity index (χ3n) is 3.37. The van der Waals surface area contributed by atoms with Gasteiger partial charge in [0, 0.05) is 25.8 Å². The van der Waals surface area contributed by atoms with E-state index in [1.165, 1.54) is 6.07 Å². The molecule has 0 bridgehead atoms. The van der Waals surface area contributed by atoms with Crippen molar-refractivity contribution in [1.82, 2.24) is 4.90 Å². The summed E-state index contributed by atoms with van der Waals surface area (Å²) >= 11 is 0. The van der Waals surface area contributed by atoms with Crippen LogP contribution < -0.4 is 0 Å². The third kappa shape index (κ3) is 2.87. The van der Waals surface area contributed by atoms with E-state index < -0.39 is 0 Å². The first kappa shape index (κ1) is 13.0. The Kier molecular flexibility index (Phi) is 4.29. The van der Waals surface area contributed by atoms with Crippen molar-refractivity contribution in [2.24, 2.45) is 5.92 Å². The molecule has 0 aliphatic carbocycles. The molecule has 1 saturated heterocycles. The van der Waals surface area contributed by atoms with Crippen molar-refractivity contribution in [3.8, 4) is 6.07 Å². The Hall–Kier alpha value is -1.44. The number of methoxy groups -OCH3 is 1. The Morgan fingerprint density at radius 2 is 2.39 bits per heavy atom. The molecule has 1 aromatic rings. The Morgan fingerprint density at radius 1 is 1.56 bits per heavy atom. The summed E-state index contributed by atoms with van der Waals surface area (Å²) in [5, 5.41) is 8.80. The normalized spacial score (nSPS) is 19.9. The van der Waals surface area contributed by atoms with E-state index in [-0.39, 0.29) is 11.4 Å². The van der Waals surface area contributed by atoms with Gasteiger partial charge in [0.25, 0.3) is 0 Å². The summed E-state index contributed by atoms with van der Waals surface area (Å²) in [6.07, 6.45) is 1.09. The minimum Gasteiger partial charge on any atom is -0.384 e. The predicted molar refractivity (Wildman–Crippen MR) is 66.4 cm³/mol. The second-order valence-corrected chi connectivity index (χ2v) is 4.74. The summed E-state index contributed by atoms with van der Waals surface area (Å²) in [4.78, 5) is 2.21. The molecule has 18 heavy (non-hydrogen) atoms. The molecule has 1 aliphatic heterocycles. The van der Waals surface area contributed by atoms with Crippen LogP contribution in [0.4, 0.5) is 4.39 Å². The maximum absolute atomic E-state index is 13.9. The van der Waals surface area contributed by atoms with Gasteiger partial charge in [0.05, 0.1) is 12.2 Å². The van der Waals surface area contributed by atoms with Crippen LogP contribution in [0.15, 0.2) is 18.2 Å². The average molecular weight is 248 g/mol. The van der Waals surface area contributed by atoms with Gasteiger partial charge in [-0.25, -0.2) is 4.39 Å². The summed E-state index contributed by atoms with van der Waals surface area (Å²) in [7, 11) is 1.71. The van der Waals surface area contributed by atoms with E-state index >= 15 is 0 Å². The van der Waals surface area contributed by atoms with Crippen molar-refractivity contribution in [2.75, 3.05) is 26.8 Å². The number of likely N-dealkylation sites (tertiary alicyclic amines) is 1. The molecule has 0 aromatic heterocycles. The Balaban J connectivity index is 2.01. The lowest BCUT2D eigenvalue weighted by Gasteiger charge is -2.16. The lowest BCUT2D eigenvalue weighted by molar-refractivity contribution is 0.152. The largest absolute Gasteiger partial charge is 0.384 e. The number of benzene rings is 1. The van der Waals surface area contributed by atoms with Crippen LogP contribution in [0, 0.1) is 23.1 Å². The maximum Gasteiger partial charge on any atom is 0.145 e. The fraction of sp³-hybridized carbons (Fsp3) is 0.500. The zero-order chi connectivity index (χ0) is 13.0. The topological polar surface area (TPSA) is 36.3 Å². The van der Waals surface area contributed by atoms with Crippen molar-refractivity contribution in [2.45, 2.75) is 13.0 Å². The van der Waals surface area contributed by atoms with Crippen LogP contribution in [0.5, 0.6) is 0 Å². The molecule has 2 rings (SSSR count). The molecule has 1 aromatic carbocycles. The fourth-order valence-corrected chi connectivity index (χ4v) is 2.46.